The highest BCUT2D eigenvalue weighted by atomic mass is 35.5. The van der Waals surface area contributed by atoms with Crippen molar-refractivity contribution in [2.24, 2.45) is 0 Å². The first-order chi connectivity index (χ1) is 14.1. The molecule has 0 aromatic heterocycles. The summed E-state index contributed by atoms with van der Waals surface area (Å²) in [7, 11) is -6.56. The molecule has 158 valence electrons. The van der Waals surface area contributed by atoms with Crippen molar-refractivity contribution >= 4 is 43.0 Å². The third-order valence-corrected chi connectivity index (χ3v) is 7.25. The number of anilines is 2. The predicted molar refractivity (Wildman–Crippen MR) is 117 cm³/mol. The first kappa shape index (κ1) is 21.9. The van der Waals surface area contributed by atoms with Crippen molar-refractivity contribution < 1.29 is 21.6 Å². The van der Waals surface area contributed by atoms with Crippen LogP contribution in [0.5, 0.6) is 5.75 Å². The number of rotatable bonds is 7. The molecule has 3 aromatic rings. The first-order valence-electron chi connectivity index (χ1n) is 8.67. The summed E-state index contributed by atoms with van der Waals surface area (Å²) >= 11 is 6.11. The molecule has 7 nitrogen and oxygen atoms in total. The fourth-order valence-electron chi connectivity index (χ4n) is 2.60. The van der Waals surface area contributed by atoms with Gasteiger partial charge in [0.1, 0.15) is 5.75 Å². The van der Waals surface area contributed by atoms with Gasteiger partial charge in [-0.1, -0.05) is 41.4 Å². The molecular formula is C20H19ClN2O5S2. The van der Waals surface area contributed by atoms with Gasteiger partial charge in [-0.05, 0) is 49.4 Å². The number of methoxy groups -OCH3 is 1. The quantitative estimate of drug-likeness (QED) is 0.541. The van der Waals surface area contributed by atoms with E-state index in [1.54, 1.807) is 36.4 Å². The molecule has 10 heteroatoms. The lowest BCUT2D eigenvalue weighted by atomic mass is 10.2. The molecule has 0 heterocycles. The molecule has 30 heavy (non-hydrogen) atoms. The van der Waals surface area contributed by atoms with Gasteiger partial charge in [0.05, 0.1) is 33.3 Å². The van der Waals surface area contributed by atoms with Gasteiger partial charge >= 0.3 is 0 Å². The molecule has 0 saturated carbocycles. The van der Waals surface area contributed by atoms with Crippen LogP contribution in [0.4, 0.5) is 11.4 Å². The second kappa shape index (κ2) is 8.55. The van der Waals surface area contributed by atoms with Crippen molar-refractivity contribution in [3.05, 3.63) is 77.3 Å². The smallest absolute Gasteiger partial charge is 0.262 e. The molecule has 0 radical (unpaired) electrons. The standard InChI is InChI=1S/C20H19ClN2O5S2/c1-14-7-9-15(10-8-14)29(24,25)23-19-13-16(11-12-17(19)21)30(26,27)22-18-5-3-4-6-20(18)28-2/h3-13,22-23H,1-2H3. The summed E-state index contributed by atoms with van der Waals surface area (Å²) in [5.41, 5.74) is 1.10. The van der Waals surface area contributed by atoms with Gasteiger partial charge in [-0.15, -0.1) is 0 Å². The van der Waals surface area contributed by atoms with E-state index < -0.39 is 20.0 Å². The highest BCUT2D eigenvalue weighted by Crippen LogP contribution is 2.30. The van der Waals surface area contributed by atoms with Gasteiger partial charge in [-0.25, -0.2) is 16.8 Å². The lowest BCUT2D eigenvalue weighted by molar-refractivity contribution is 0.417. The zero-order chi connectivity index (χ0) is 21.9. The molecule has 0 spiro atoms. The average molecular weight is 467 g/mol. The Balaban J connectivity index is 1.93. The average Bonchev–Trinajstić information content (AvgIpc) is 2.70. The number of halogens is 1. The first-order valence-corrected chi connectivity index (χ1v) is 12.0. The Morgan fingerprint density at radius 2 is 1.33 bits per heavy atom. The number of ether oxygens (including phenoxy) is 1. The summed E-state index contributed by atoms with van der Waals surface area (Å²) in [5.74, 6) is 0.343. The Kier molecular flexibility index (Phi) is 6.25. The van der Waals surface area contributed by atoms with E-state index in [4.69, 9.17) is 16.3 Å². The largest absolute Gasteiger partial charge is 0.495 e. The molecule has 3 rings (SSSR count). The fraction of sp³-hybridized carbons (Fsp3) is 0.100. The van der Waals surface area contributed by atoms with Gasteiger partial charge in [-0.3, -0.25) is 9.44 Å². The van der Waals surface area contributed by atoms with Crippen LogP contribution in [0.3, 0.4) is 0 Å². The molecule has 0 saturated heterocycles. The van der Waals surface area contributed by atoms with Crippen LogP contribution in [0.1, 0.15) is 5.56 Å². The molecule has 2 N–H and O–H groups in total. The highest BCUT2D eigenvalue weighted by Gasteiger charge is 2.21. The zero-order valence-corrected chi connectivity index (χ0v) is 18.5. The third kappa shape index (κ3) is 4.86. The molecule has 3 aromatic carbocycles. The van der Waals surface area contributed by atoms with Crippen LogP contribution in [-0.4, -0.2) is 23.9 Å². The van der Waals surface area contributed by atoms with Gasteiger partial charge in [0.25, 0.3) is 20.0 Å². The molecule has 0 unspecified atom stereocenters. The fourth-order valence-corrected chi connectivity index (χ4v) is 4.99. The van der Waals surface area contributed by atoms with Gasteiger partial charge in [0.15, 0.2) is 0 Å². The minimum Gasteiger partial charge on any atom is -0.495 e. The van der Waals surface area contributed by atoms with Crippen LogP contribution < -0.4 is 14.2 Å². The Labute approximate surface area is 180 Å². The summed E-state index contributed by atoms with van der Waals surface area (Å²) in [5, 5.41) is 0.0573. The van der Waals surface area contributed by atoms with Crippen LogP contribution in [0.25, 0.3) is 0 Å². The number of hydrogen-bond acceptors (Lipinski definition) is 5. The molecule has 0 aliphatic rings. The van der Waals surface area contributed by atoms with Crippen molar-refractivity contribution in [3.63, 3.8) is 0 Å². The van der Waals surface area contributed by atoms with Crippen molar-refractivity contribution in [1.82, 2.24) is 0 Å². The molecule has 0 bridgehead atoms. The summed E-state index contributed by atoms with van der Waals surface area (Å²) < 4.78 is 60.9. The number of benzene rings is 3. The lowest BCUT2D eigenvalue weighted by Crippen LogP contribution is -2.16. The van der Waals surface area contributed by atoms with Crippen LogP contribution in [-0.2, 0) is 20.0 Å². The van der Waals surface area contributed by atoms with Crippen LogP contribution >= 0.6 is 11.6 Å². The number of aryl methyl sites for hydroxylation is 1. The summed E-state index contributed by atoms with van der Waals surface area (Å²) in [6, 6.07) is 16.5. The van der Waals surface area contributed by atoms with Crippen LogP contribution in [0.2, 0.25) is 5.02 Å². The maximum absolute atomic E-state index is 12.8. The second-order valence-electron chi connectivity index (χ2n) is 6.37. The molecule has 0 aliphatic heterocycles. The van der Waals surface area contributed by atoms with E-state index in [1.807, 2.05) is 6.92 Å². The maximum atomic E-state index is 12.8. The Morgan fingerprint density at radius 1 is 0.767 bits per heavy atom. The summed E-state index contributed by atoms with van der Waals surface area (Å²) in [6.45, 7) is 1.84. The minimum absolute atomic E-state index is 0.0320. The van der Waals surface area contributed by atoms with Crippen LogP contribution in [0.15, 0.2) is 76.5 Å². The molecule has 0 fully saturated rings. The number of hydrogen-bond donors (Lipinski definition) is 2. The van der Waals surface area contributed by atoms with Crippen molar-refractivity contribution in [2.45, 2.75) is 16.7 Å². The van der Waals surface area contributed by atoms with E-state index in [1.165, 1.54) is 31.4 Å². The van der Waals surface area contributed by atoms with Gasteiger partial charge in [0, 0.05) is 0 Å². The van der Waals surface area contributed by atoms with E-state index in [2.05, 4.69) is 9.44 Å². The predicted octanol–water partition coefficient (Wildman–Crippen LogP) is 4.26. The normalized spacial score (nSPS) is 11.7. The Morgan fingerprint density at radius 3 is 2.00 bits per heavy atom. The van der Waals surface area contributed by atoms with Gasteiger partial charge in [0.2, 0.25) is 0 Å². The molecular weight excluding hydrogens is 448 g/mol. The van der Waals surface area contributed by atoms with Gasteiger partial charge < -0.3 is 4.74 Å². The lowest BCUT2D eigenvalue weighted by Gasteiger charge is -2.14. The summed E-state index contributed by atoms with van der Waals surface area (Å²) in [6.07, 6.45) is 0. The second-order valence-corrected chi connectivity index (χ2v) is 10.1. The van der Waals surface area contributed by atoms with E-state index in [0.717, 1.165) is 11.6 Å². The SMILES string of the molecule is COc1ccccc1NS(=O)(=O)c1ccc(Cl)c(NS(=O)(=O)c2ccc(C)cc2)c1. The number of nitrogens with one attached hydrogen (secondary N) is 2. The Hall–Kier alpha value is -2.75. The Bertz CT molecular complexity index is 1270. The highest BCUT2D eigenvalue weighted by molar-refractivity contribution is 7.93. The number of para-hydroxylation sites is 2. The van der Waals surface area contributed by atoms with E-state index in [9.17, 15) is 16.8 Å². The van der Waals surface area contributed by atoms with Gasteiger partial charge in [-0.2, -0.15) is 0 Å². The van der Waals surface area contributed by atoms with Crippen molar-refractivity contribution in [1.29, 1.82) is 0 Å². The monoisotopic (exact) mass is 466 g/mol. The zero-order valence-electron chi connectivity index (χ0n) is 16.1. The molecule has 0 atom stereocenters. The summed E-state index contributed by atoms with van der Waals surface area (Å²) in [4.78, 5) is -0.135. The van der Waals surface area contributed by atoms with Crippen molar-refractivity contribution in [3.8, 4) is 5.75 Å². The third-order valence-electron chi connectivity index (χ3n) is 4.18. The molecule has 0 amide bonds. The topological polar surface area (TPSA) is 102 Å². The van der Waals surface area contributed by atoms with E-state index in [0.29, 0.717) is 5.75 Å². The molecule has 0 aliphatic carbocycles. The maximum Gasteiger partial charge on any atom is 0.262 e. The van der Waals surface area contributed by atoms with E-state index in [-0.39, 0.29) is 26.2 Å². The minimum atomic E-state index is -4.03. The van der Waals surface area contributed by atoms with E-state index >= 15 is 0 Å². The van der Waals surface area contributed by atoms with Crippen LogP contribution in [0, 0.1) is 6.92 Å². The number of sulfonamides is 2. The van der Waals surface area contributed by atoms with Crippen molar-refractivity contribution in [2.75, 3.05) is 16.6 Å².